The Morgan fingerprint density at radius 1 is 1.28 bits per heavy atom. The van der Waals surface area contributed by atoms with Crippen molar-refractivity contribution in [1.82, 2.24) is 30.0 Å². The molecule has 11 nitrogen and oxygen atoms in total. The first-order chi connectivity index (χ1) is 18.6. The Labute approximate surface area is 240 Å². The number of anilines is 1. The first-order valence-electron chi connectivity index (χ1n) is 12.5. The lowest BCUT2D eigenvalue weighted by Gasteiger charge is -2.60. The number of likely N-dealkylation sites (tertiary alicyclic amines) is 1. The van der Waals surface area contributed by atoms with Gasteiger partial charge in [-0.25, -0.2) is 14.8 Å². The van der Waals surface area contributed by atoms with Crippen molar-refractivity contribution < 1.29 is 19.4 Å². The van der Waals surface area contributed by atoms with Crippen LogP contribution in [0.15, 0.2) is 28.9 Å². The maximum Gasteiger partial charge on any atom is 0.409 e. The van der Waals surface area contributed by atoms with Gasteiger partial charge in [0, 0.05) is 56.3 Å². The van der Waals surface area contributed by atoms with Crippen LogP contribution in [0.4, 0.5) is 10.6 Å². The minimum Gasteiger partial charge on any atom is -0.491 e. The number of aliphatic hydroxyl groups excluding tert-OH is 1. The third-order valence-electron chi connectivity index (χ3n) is 7.14. The standard InChI is InChI=1S/C26H31BrClN7O4/c1-15-21(22-19(27)9-30-33(22)3)31-23(18-7-17(5-6-20(18)28)39-10-16(36)8-29-2)32-24(15)34-11-26(12-34)13-35(14-26)25(37)38-4/h5-7,9,16,29,36H,8,10-14H2,1-4H3/t16-/m1/s1. The van der Waals surface area contributed by atoms with Crippen molar-refractivity contribution in [2.24, 2.45) is 12.5 Å². The first kappa shape index (κ1) is 27.6. The summed E-state index contributed by atoms with van der Waals surface area (Å²) in [7, 11) is 5.04. The van der Waals surface area contributed by atoms with E-state index in [1.54, 1.807) is 41.0 Å². The smallest absolute Gasteiger partial charge is 0.409 e. The second-order valence-corrected chi connectivity index (χ2v) is 11.4. The number of methoxy groups -OCH3 is 1. The van der Waals surface area contributed by atoms with E-state index in [1.165, 1.54) is 7.11 Å². The molecule has 1 spiro atoms. The highest BCUT2D eigenvalue weighted by Crippen LogP contribution is 2.44. The van der Waals surface area contributed by atoms with E-state index in [-0.39, 0.29) is 18.1 Å². The van der Waals surface area contributed by atoms with Gasteiger partial charge in [-0.1, -0.05) is 11.6 Å². The third-order valence-corrected chi connectivity index (χ3v) is 8.05. The monoisotopic (exact) mass is 619 g/mol. The van der Waals surface area contributed by atoms with Crippen molar-refractivity contribution in [1.29, 1.82) is 0 Å². The van der Waals surface area contributed by atoms with Gasteiger partial charge in [-0.15, -0.1) is 0 Å². The summed E-state index contributed by atoms with van der Waals surface area (Å²) in [6.07, 6.45) is 0.798. The maximum atomic E-state index is 11.9. The molecule has 5 rings (SSSR count). The molecule has 1 amide bonds. The quantitative estimate of drug-likeness (QED) is 0.392. The van der Waals surface area contributed by atoms with Crippen LogP contribution in [0, 0.1) is 12.3 Å². The molecule has 0 aliphatic carbocycles. The molecule has 2 N–H and O–H groups in total. The molecule has 2 aliphatic heterocycles. The molecule has 2 aliphatic rings. The highest BCUT2D eigenvalue weighted by atomic mass is 79.9. The van der Waals surface area contributed by atoms with Gasteiger partial charge in [-0.2, -0.15) is 5.10 Å². The van der Waals surface area contributed by atoms with Crippen molar-refractivity contribution in [2.45, 2.75) is 13.0 Å². The van der Waals surface area contributed by atoms with E-state index in [0.717, 1.165) is 40.3 Å². The lowest BCUT2D eigenvalue weighted by molar-refractivity contribution is -0.0153. The van der Waals surface area contributed by atoms with E-state index in [4.69, 9.17) is 31.0 Å². The maximum absolute atomic E-state index is 11.9. The van der Waals surface area contributed by atoms with E-state index < -0.39 is 6.10 Å². The number of nitrogens with zero attached hydrogens (tertiary/aromatic N) is 6. The van der Waals surface area contributed by atoms with Crippen LogP contribution in [0.3, 0.4) is 0 Å². The van der Waals surface area contributed by atoms with Gasteiger partial charge in [0.05, 0.1) is 28.5 Å². The Balaban J connectivity index is 1.49. The molecule has 0 unspecified atom stereocenters. The number of aromatic nitrogens is 4. The molecule has 208 valence electrons. The van der Waals surface area contributed by atoms with Crippen molar-refractivity contribution in [3.63, 3.8) is 0 Å². The van der Waals surface area contributed by atoms with Gasteiger partial charge in [0.25, 0.3) is 0 Å². The number of nitrogens with one attached hydrogen (secondary N) is 1. The number of aliphatic hydroxyl groups is 1. The number of halogens is 2. The van der Waals surface area contributed by atoms with E-state index in [1.807, 2.05) is 14.0 Å². The van der Waals surface area contributed by atoms with Crippen molar-refractivity contribution in [3.05, 3.63) is 39.5 Å². The van der Waals surface area contributed by atoms with E-state index in [9.17, 15) is 9.90 Å². The van der Waals surface area contributed by atoms with Crippen LogP contribution in [0.2, 0.25) is 5.02 Å². The average molecular weight is 621 g/mol. The number of carbonyl (C=O) groups excluding carboxylic acids is 1. The Morgan fingerprint density at radius 2 is 2.03 bits per heavy atom. The van der Waals surface area contributed by atoms with Gasteiger partial charge in [-0.3, -0.25) is 4.68 Å². The molecule has 4 heterocycles. The molecule has 13 heteroatoms. The summed E-state index contributed by atoms with van der Waals surface area (Å²) >= 11 is 10.3. The number of ether oxygens (including phenoxy) is 2. The van der Waals surface area contributed by atoms with Crippen molar-refractivity contribution >= 4 is 39.4 Å². The van der Waals surface area contributed by atoms with Gasteiger partial charge in [0.15, 0.2) is 5.82 Å². The molecule has 1 aromatic carbocycles. The Morgan fingerprint density at radius 3 is 2.67 bits per heavy atom. The molecule has 2 fully saturated rings. The van der Waals surface area contributed by atoms with Crippen LogP contribution < -0.4 is 15.0 Å². The minimum absolute atomic E-state index is 0.0403. The van der Waals surface area contributed by atoms with Crippen LogP contribution >= 0.6 is 27.5 Å². The molecular formula is C26H31BrClN7O4. The molecule has 2 saturated heterocycles. The van der Waals surface area contributed by atoms with Crippen molar-refractivity contribution in [2.75, 3.05) is 58.4 Å². The SMILES string of the molecule is CNC[C@@H](O)COc1ccc(Cl)c(-c2nc(-c3c(Br)cnn3C)c(C)c(N3CC4(CN(C(=O)OC)C4)C3)n2)c1. The van der Waals surface area contributed by atoms with E-state index >= 15 is 0 Å². The Hall–Kier alpha value is -2.93. The van der Waals surface area contributed by atoms with Gasteiger partial charge in [-0.05, 0) is 48.1 Å². The number of aryl methyl sites for hydroxylation is 1. The lowest BCUT2D eigenvalue weighted by Crippen LogP contribution is -2.73. The summed E-state index contributed by atoms with van der Waals surface area (Å²) in [6.45, 7) is 5.42. The van der Waals surface area contributed by atoms with Crippen LogP contribution in [-0.2, 0) is 11.8 Å². The van der Waals surface area contributed by atoms with E-state index in [0.29, 0.717) is 41.8 Å². The number of carbonyl (C=O) groups is 1. The Bertz CT molecular complexity index is 1370. The zero-order chi connectivity index (χ0) is 27.9. The summed E-state index contributed by atoms with van der Waals surface area (Å²) in [4.78, 5) is 25.7. The number of amides is 1. The summed E-state index contributed by atoms with van der Waals surface area (Å²) in [5.74, 6) is 1.81. The number of likely N-dealkylation sites (N-methyl/N-ethyl adjacent to an activating group) is 1. The first-order valence-corrected chi connectivity index (χ1v) is 13.7. The zero-order valence-electron chi connectivity index (χ0n) is 22.2. The molecule has 1 atom stereocenters. The number of rotatable bonds is 8. The minimum atomic E-state index is -0.648. The Kier molecular flexibility index (Phi) is 7.73. The molecular weight excluding hydrogens is 590 g/mol. The predicted octanol–water partition coefficient (Wildman–Crippen LogP) is 3.12. The largest absolute Gasteiger partial charge is 0.491 e. The lowest BCUT2D eigenvalue weighted by atomic mass is 9.73. The molecule has 39 heavy (non-hydrogen) atoms. The number of hydrogen-bond acceptors (Lipinski definition) is 9. The fraction of sp³-hybridized carbons (Fsp3) is 0.462. The summed E-state index contributed by atoms with van der Waals surface area (Å²) in [5.41, 5.74) is 3.14. The topological polar surface area (TPSA) is 118 Å². The van der Waals surface area contributed by atoms with Crippen LogP contribution in [-0.4, -0.2) is 95.4 Å². The molecule has 3 aromatic rings. The third kappa shape index (κ3) is 5.30. The van der Waals surface area contributed by atoms with Crippen LogP contribution in [0.1, 0.15) is 5.56 Å². The fourth-order valence-electron chi connectivity index (χ4n) is 5.23. The summed E-state index contributed by atoms with van der Waals surface area (Å²) in [6, 6.07) is 5.30. The molecule has 0 saturated carbocycles. The summed E-state index contributed by atoms with van der Waals surface area (Å²) < 4.78 is 13.3. The van der Waals surface area contributed by atoms with Crippen molar-refractivity contribution in [3.8, 4) is 28.5 Å². The molecule has 0 radical (unpaired) electrons. The zero-order valence-corrected chi connectivity index (χ0v) is 24.6. The molecule has 0 bridgehead atoms. The van der Waals surface area contributed by atoms with Crippen LogP contribution in [0.5, 0.6) is 5.75 Å². The summed E-state index contributed by atoms with van der Waals surface area (Å²) in [5, 5.41) is 17.8. The fourth-order valence-corrected chi connectivity index (χ4v) is 5.97. The number of benzene rings is 1. The second kappa shape index (κ2) is 10.9. The van der Waals surface area contributed by atoms with E-state index in [2.05, 4.69) is 31.2 Å². The highest BCUT2D eigenvalue weighted by Gasteiger charge is 2.54. The second-order valence-electron chi connectivity index (χ2n) is 10.2. The van der Waals surface area contributed by atoms with Gasteiger partial charge < -0.3 is 29.7 Å². The predicted molar refractivity (Wildman–Crippen MR) is 151 cm³/mol. The van der Waals surface area contributed by atoms with Gasteiger partial charge in [0.2, 0.25) is 0 Å². The molecule has 2 aromatic heterocycles. The highest BCUT2D eigenvalue weighted by molar-refractivity contribution is 9.10. The normalized spacial score (nSPS) is 16.6. The number of hydrogen-bond donors (Lipinski definition) is 2. The van der Waals surface area contributed by atoms with Gasteiger partial charge in [0.1, 0.15) is 30.0 Å². The average Bonchev–Trinajstić information content (AvgIpc) is 3.20. The van der Waals surface area contributed by atoms with Gasteiger partial charge >= 0.3 is 6.09 Å². The van der Waals surface area contributed by atoms with Crippen LogP contribution in [0.25, 0.3) is 22.8 Å².